The summed E-state index contributed by atoms with van der Waals surface area (Å²) in [5.74, 6) is 0.354. The number of amides is 2. The molecule has 0 spiro atoms. The minimum atomic E-state index is -0.838. The van der Waals surface area contributed by atoms with Gasteiger partial charge in [-0.1, -0.05) is 12.1 Å². The van der Waals surface area contributed by atoms with E-state index >= 15 is 0 Å². The molecule has 0 aliphatic rings. The molecule has 0 bridgehead atoms. The average molecular weight is 338 g/mol. The monoisotopic (exact) mass is 338 g/mol. The average Bonchev–Trinajstić information content (AvgIpc) is 2.50. The number of nitrogens with one attached hydrogen (secondary N) is 2. The molecule has 0 heterocycles. The van der Waals surface area contributed by atoms with Gasteiger partial charge >= 0.3 is 6.09 Å². The van der Waals surface area contributed by atoms with Gasteiger partial charge < -0.3 is 24.8 Å². The van der Waals surface area contributed by atoms with E-state index in [0.29, 0.717) is 12.3 Å². The summed E-state index contributed by atoms with van der Waals surface area (Å²) in [6, 6.07) is 6.52. The van der Waals surface area contributed by atoms with Gasteiger partial charge in [-0.3, -0.25) is 4.79 Å². The Hall–Kier alpha value is -2.28. The van der Waals surface area contributed by atoms with E-state index in [0.717, 1.165) is 5.56 Å². The zero-order valence-corrected chi connectivity index (χ0v) is 14.8. The fourth-order valence-electron chi connectivity index (χ4n) is 1.89. The summed E-state index contributed by atoms with van der Waals surface area (Å²) in [4.78, 5) is 24.1. The number of hydrogen-bond acceptors (Lipinski definition) is 5. The molecule has 1 aromatic rings. The van der Waals surface area contributed by atoms with Gasteiger partial charge in [0, 0.05) is 13.7 Å². The smallest absolute Gasteiger partial charge is 0.408 e. The Labute approximate surface area is 142 Å². The third-order valence-electron chi connectivity index (χ3n) is 2.94. The van der Waals surface area contributed by atoms with Crippen molar-refractivity contribution in [2.75, 3.05) is 20.8 Å². The van der Waals surface area contributed by atoms with Crippen LogP contribution in [0.25, 0.3) is 0 Å². The maximum absolute atomic E-state index is 12.3. The topological polar surface area (TPSA) is 85.9 Å². The van der Waals surface area contributed by atoms with E-state index in [-0.39, 0.29) is 12.5 Å². The Morgan fingerprint density at radius 3 is 2.50 bits per heavy atom. The van der Waals surface area contributed by atoms with Crippen LogP contribution in [0.4, 0.5) is 4.79 Å². The second-order valence-electron chi connectivity index (χ2n) is 6.22. The van der Waals surface area contributed by atoms with E-state index in [9.17, 15) is 9.59 Å². The highest BCUT2D eigenvalue weighted by Gasteiger charge is 2.24. The molecule has 1 unspecified atom stereocenters. The normalized spacial score (nSPS) is 12.2. The third kappa shape index (κ3) is 7.32. The highest BCUT2D eigenvalue weighted by atomic mass is 16.6. The summed E-state index contributed by atoms with van der Waals surface area (Å²) in [6.07, 6.45) is -0.666. The van der Waals surface area contributed by atoms with Crippen LogP contribution in [-0.2, 0) is 20.8 Å². The standard InChI is InChI=1S/C17H26N2O5/c1-17(2,3)24-16(21)19-14(11-22-4)15(20)18-10-12-7-6-8-13(9-12)23-5/h6-9,14H,10-11H2,1-5H3,(H,18,20)(H,19,21). The number of alkyl carbamates (subject to hydrolysis) is 1. The molecular formula is C17H26N2O5. The van der Waals surface area contributed by atoms with Crippen molar-refractivity contribution in [3.63, 3.8) is 0 Å². The molecule has 7 heteroatoms. The Balaban J connectivity index is 2.60. The first-order chi connectivity index (χ1) is 11.2. The zero-order chi connectivity index (χ0) is 18.2. The molecule has 24 heavy (non-hydrogen) atoms. The van der Waals surface area contributed by atoms with Crippen molar-refractivity contribution in [1.82, 2.24) is 10.6 Å². The first-order valence-electron chi connectivity index (χ1n) is 7.64. The summed E-state index contributed by atoms with van der Waals surface area (Å²) in [7, 11) is 3.04. The number of rotatable bonds is 7. The van der Waals surface area contributed by atoms with Crippen molar-refractivity contribution in [3.8, 4) is 5.75 Å². The third-order valence-corrected chi connectivity index (χ3v) is 2.94. The van der Waals surface area contributed by atoms with Crippen LogP contribution in [0.3, 0.4) is 0 Å². The van der Waals surface area contributed by atoms with Gasteiger partial charge in [0.25, 0.3) is 0 Å². The first kappa shape index (κ1) is 19.8. The number of carbonyl (C=O) groups excluding carboxylic acids is 2. The second kappa shape index (κ2) is 9.12. The summed E-state index contributed by atoms with van der Waals surface area (Å²) in [5, 5.41) is 5.27. The number of hydrogen-bond donors (Lipinski definition) is 2. The van der Waals surface area contributed by atoms with Crippen molar-refractivity contribution in [2.24, 2.45) is 0 Å². The van der Waals surface area contributed by atoms with Gasteiger partial charge in [0.15, 0.2) is 0 Å². The van der Waals surface area contributed by atoms with Crippen molar-refractivity contribution < 1.29 is 23.8 Å². The lowest BCUT2D eigenvalue weighted by Crippen LogP contribution is -2.50. The van der Waals surface area contributed by atoms with Crippen LogP contribution in [0.1, 0.15) is 26.3 Å². The van der Waals surface area contributed by atoms with Gasteiger partial charge in [-0.25, -0.2) is 4.79 Å². The van der Waals surface area contributed by atoms with E-state index in [4.69, 9.17) is 14.2 Å². The van der Waals surface area contributed by atoms with Gasteiger partial charge in [0.2, 0.25) is 5.91 Å². The lowest BCUT2D eigenvalue weighted by Gasteiger charge is -2.23. The molecule has 2 N–H and O–H groups in total. The van der Waals surface area contributed by atoms with Crippen LogP contribution >= 0.6 is 0 Å². The minimum absolute atomic E-state index is 0.0448. The van der Waals surface area contributed by atoms with Crippen molar-refractivity contribution in [1.29, 1.82) is 0 Å². The van der Waals surface area contributed by atoms with Crippen molar-refractivity contribution >= 4 is 12.0 Å². The van der Waals surface area contributed by atoms with Crippen LogP contribution in [0.5, 0.6) is 5.75 Å². The maximum Gasteiger partial charge on any atom is 0.408 e. The molecule has 7 nitrogen and oxygen atoms in total. The second-order valence-corrected chi connectivity index (χ2v) is 6.22. The first-order valence-corrected chi connectivity index (χ1v) is 7.64. The molecule has 134 valence electrons. The van der Waals surface area contributed by atoms with Crippen molar-refractivity contribution in [3.05, 3.63) is 29.8 Å². The predicted molar refractivity (Wildman–Crippen MR) is 89.9 cm³/mol. The number of benzene rings is 1. The van der Waals surface area contributed by atoms with Crippen molar-refractivity contribution in [2.45, 2.75) is 39.0 Å². The largest absolute Gasteiger partial charge is 0.497 e. The molecular weight excluding hydrogens is 312 g/mol. The van der Waals surface area contributed by atoms with Gasteiger partial charge in [-0.2, -0.15) is 0 Å². The van der Waals surface area contributed by atoms with E-state index in [1.54, 1.807) is 27.9 Å². The fraction of sp³-hybridized carbons (Fsp3) is 0.529. The highest BCUT2D eigenvalue weighted by Crippen LogP contribution is 2.12. The fourth-order valence-corrected chi connectivity index (χ4v) is 1.89. The van der Waals surface area contributed by atoms with Crippen LogP contribution in [0.15, 0.2) is 24.3 Å². The SMILES string of the molecule is COCC(NC(=O)OC(C)(C)C)C(=O)NCc1cccc(OC)c1. The van der Waals surface area contributed by atoms with Crippen LogP contribution < -0.4 is 15.4 Å². The summed E-state index contributed by atoms with van der Waals surface area (Å²) >= 11 is 0. The quantitative estimate of drug-likeness (QED) is 0.792. The Morgan fingerprint density at radius 2 is 1.92 bits per heavy atom. The molecule has 0 aliphatic carbocycles. The van der Waals surface area contributed by atoms with Crippen LogP contribution in [0.2, 0.25) is 0 Å². The molecule has 2 amide bonds. The molecule has 1 atom stereocenters. The van der Waals surface area contributed by atoms with Gasteiger partial charge in [0.1, 0.15) is 17.4 Å². The van der Waals surface area contributed by atoms with E-state index in [2.05, 4.69) is 10.6 Å². The van der Waals surface area contributed by atoms with E-state index in [1.807, 2.05) is 24.3 Å². The van der Waals surface area contributed by atoms with Gasteiger partial charge in [-0.15, -0.1) is 0 Å². The highest BCUT2D eigenvalue weighted by molar-refractivity contribution is 5.85. The number of ether oxygens (including phenoxy) is 3. The van der Waals surface area contributed by atoms with Crippen LogP contribution in [-0.4, -0.2) is 44.5 Å². The summed E-state index contributed by atoms with van der Waals surface area (Å²) < 4.78 is 15.3. The Bertz CT molecular complexity index is 554. The molecule has 0 aromatic heterocycles. The number of carbonyl (C=O) groups is 2. The molecule has 0 saturated heterocycles. The lowest BCUT2D eigenvalue weighted by molar-refractivity contribution is -0.124. The molecule has 0 radical (unpaired) electrons. The number of methoxy groups -OCH3 is 2. The Morgan fingerprint density at radius 1 is 1.21 bits per heavy atom. The van der Waals surface area contributed by atoms with E-state index < -0.39 is 17.7 Å². The molecule has 0 saturated carbocycles. The molecule has 1 rings (SSSR count). The maximum atomic E-state index is 12.3. The zero-order valence-electron chi connectivity index (χ0n) is 14.8. The van der Waals surface area contributed by atoms with Crippen LogP contribution in [0, 0.1) is 0 Å². The summed E-state index contributed by atoms with van der Waals surface area (Å²) in [5.41, 5.74) is 0.245. The molecule has 0 aliphatic heterocycles. The van der Waals surface area contributed by atoms with Gasteiger partial charge in [0.05, 0.1) is 13.7 Å². The summed E-state index contributed by atoms with van der Waals surface area (Å²) in [6.45, 7) is 5.61. The van der Waals surface area contributed by atoms with Gasteiger partial charge in [-0.05, 0) is 38.5 Å². The lowest BCUT2D eigenvalue weighted by atomic mass is 10.2. The Kier molecular flexibility index (Phi) is 7.51. The minimum Gasteiger partial charge on any atom is -0.497 e. The molecule has 1 aromatic carbocycles. The van der Waals surface area contributed by atoms with E-state index in [1.165, 1.54) is 7.11 Å². The molecule has 0 fully saturated rings. The predicted octanol–water partition coefficient (Wildman–Crippen LogP) is 1.85.